The van der Waals surface area contributed by atoms with E-state index in [1.54, 1.807) is 38.5 Å². The summed E-state index contributed by atoms with van der Waals surface area (Å²) in [6.45, 7) is -0.227. The van der Waals surface area contributed by atoms with Gasteiger partial charge in [-0.05, 0) is 30.2 Å². The maximum atomic E-state index is 10.3. The van der Waals surface area contributed by atoms with Crippen LogP contribution >= 0.6 is 11.6 Å². The van der Waals surface area contributed by atoms with Crippen LogP contribution in [-0.2, 0) is 0 Å². The summed E-state index contributed by atoms with van der Waals surface area (Å²) < 4.78 is 10.6. The highest BCUT2D eigenvalue weighted by molar-refractivity contribution is 6.31. The smallest absolute Gasteiger partial charge is 0.223 e. The zero-order valence-electron chi connectivity index (χ0n) is 16.6. The van der Waals surface area contributed by atoms with Crippen LogP contribution < -0.4 is 20.5 Å². The molecule has 0 spiro atoms. The fourth-order valence-corrected chi connectivity index (χ4v) is 3.72. The minimum Gasteiger partial charge on any atom is -0.493 e. The molecule has 6 N–H and O–H groups in total. The molecule has 3 rings (SSSR count). The number of nitrogens with one attached hydrogen (secondary N) is 1. The van der Waals surface area contributed by atoms with Gasteiger partial charge >= 0.3 is 0 Å². The zero-order valence-corrected chi connectivity index (χ0v) is 17.4. The molecule has 1 saturated carbocycles. The molecule has 4 atom stereocenters. The van der Waals surface area contributed by atoms with Crippen LogP contribution in [0.2, 0.25) is 5.15 Å². The second kappa shape index (κ2) is 9.48. The molecule has 1 aliphatic rings. The van der Waals surface area contributed by atoms with Crippen LogP contribution in [0.25, 0.3) is 12.2 Å². The summed E-state index contributed by atoms with van der Waals surface area (Å²) in [4.78, 5) is 8.19. The Hall–Kier alpha value is -2.59. The zero-order chi connectivity index (χ0) is 21.8. The first-order valence-electron chi connectivity index (χ1n) is 9.34. The molecule has 2 aromatic rings. The van der Waals surface area contributed by atoms with Gasteiger partial charge in [0.1, 0.15) is 17.1 Å². The number of hydrogen-bond acceptors (Lipinski definition) is 9. The van der Waals surface area contributed by atoms with E-state index >= 15 is 0 Å². The third-order valence-corrected chi connectivity index (χ3v) is 5.41. The van der Waals surface area contributed by atoms with Gasteiger partial charge in [-0.15, -0.1) is 0 Å². The van der Waals surface area contributed by atoms with Crippen molar-refractivity contribution in [3.8, 4) is 11.5 Å². The van der Waals surface area contributed by atoms with Crippen molar-refractivity contribution < 1.29 is 24.8 Å². The number of aliphatic hydroxyl groups is 3. The topological polar surface area (TPSA) is 143 Å². The molecule has 0 saturated heterocycles. The minimum absolute atomic E-state index is 0.0301. The van der Waals surface area contributed by atoms with E-state index in [1.807, 2.05) is 6.07 Å². The lowest BCUT2D eigenvalue weighted by Gasteiger charge is -2.20. The van der Waals surface area contributed by atoms with E-state index in [0.29, 0.717) is 29.3 Å². The van der Waals surface area contributed by atoms with Gasteiger partial charge in [-0.2, -0.15) is 4.98 Å². The quantitative estimate of drug-likeness (QED) is 0.407. The molecule has 9 nitrogen and oxygen atoms in total. The van der Waals surface area contributed by atoms with Crippen molar-refractivity contribution >= 4 is 35.5 Å². The maximum Gasteiger partial charge on any atom is 0.223 e. The van der Waals surface area contributed by atoms with Crippen LogP contribution in [0, 0.1) is 5.92 Å². The Morgan fingerprint density at radius 2 is 1.90 bits per heavy atom. The Morgan fingerprint density at radius 1 is 1.17 bits per heavy atom. The van der Waals surface area contributed by atoms with E-state index in [4.69, 9.17) is 26.8 Å². The standard InChI is InChI=1S/C20H25ClN4O5/c1-29-14-6-4-10(7-15(14)30-2)3-5-12-18(21)24-20(22)25-19(12)23-13-8-11(9-26)16(27)17(13)28/h3-7,11,13,16-17,26-28H,8-9H2,1-2H3,(H3,22,23,24,25)/b5-3+/t11-,13-,16-,17+/m1/s1. The van der Waals surface area contributed by atoms with Gasteiger partial charge in [0.15, 0.2) is 11.5 Å². The summed E-state index contributed by atoms with van der Waals surface area (Å²) in [7, 11) is 3.12. The van der Waals surface area contributed by atoms with Gasteiger partial charge in [-0.25, -0.2) is 4.98 Å². The minimum atomic E-state index is -1.07. The van der Waals surface area contributed by atoms with Gasteiger partial charge in [-0.3, -0.25) is 0 Å². The second-order valence-corrected chi connectivity index (χ2v) is 7.35. The summed E-state index contributed by atoms with van der Waals surface area (Å²) in [6.07, 6.45) is 1.77. The Labute approximate surface area is 179 Å². The first-order chi connectivity index (χ1) is 14.4. The molecule has 0 bridgehead atoms. The van der Waals surface area contributed by atoms with Gasteiger partial charge in [0, 0.05) is 12.5 Å². The molecule has 0 radical (unpaired) electrons. The number of nitrogens with two attached hydrogens (primary N) is 1. The normalized spacial score (nSPS) is 23.7. The van der Waals surface area contributed by atoms with Crippen LogP contribution in [0.5, 0.6) is 11.5 Å². The fraction of sp³-hybridized carbons (Fsp3) is 0.400. The molecule has 30 heavy (non-hydrogen) atoms. The number of ether oxygens (including phenoxy) is 2. The van der Waals surface area contributed by atoms with E-state index in [1.165, 1.54) is 0 Å². The van der Waals surface area contributed by atoms with Crippen molar-refractivity contribution in [2.75, 3.05) is 31.9 Å². The number of halogens is 1. The number of methoxy groups -OCH3 is 2. The Bertz CT molecular complexity index is 926. The fourth-order valence-electron chi connectivity index (χ4n) is 3.48. The molecule has 1 heterocycles. The molecule has 1 fully saturated rings. The predicted octanol–water partition coefficient (Wildman–Crippen LogP) is 1.41. The van der Waals surface area contributed by atoms with Gasteiger partial charge in [-0.1, -0.05) is 23.7 Å². The number of hydrogen-bond donors (Lipinski definition) is 5. The van der Waals surface area contributed by atoms with Crippen LogP contribution in [-0.4, -0.2) is 64.4 Å². The van der Waals surface area contributed by atoms with Crippen LogP contribution in [0.1, 0.15) is 17.5 Å². The van der Waals surface area contributed by atoms with Crippen molar-refractivity contribution in [2.45, 2.75) is 24.7 Å². The highest BCUT2D eigenvalue weighted by Gasteiger charge is 2.41. The number of aromatic nitrogens is 2. The Morgan fingerprint density at radius 3 is 2.53 bits per heavy atom. The third kappa shape index (κ3) is 4.59. The molecule has 162 valence electrons. The van der Waals surface area contributed by atoms with Gasteiger partial charge < -0.3 is 35.8 Å². The van der Waals surface area contributed by atoms with E-state index in [0.717, 1.165) is 5.56 Å². The van der Waals surface area contributed by atoms with Gasteiger partial charge in [0.25, 0.3) is 0 Å². The second-order valence-electron chi connectivity index (χ2n) is 6.99. The van der Waals surface area contributed by atoms with Crippen molar-refractivity contribution in [2.24, 2.45) is 5.92 Å². The van der Waals surface area contributed by atoms with Crippen molar-refractivity contribution in [3.05, 3.63) is 34.5 Å². The summed E-state index contributed by atoms with van der Waals surface area (Å²) in [6, 6.07) is 4.90. The predicted molar refractivity (Wildman–Crippen MR) is 115 cm³/mol. The van der Waals surface area contributed by atoms with Gasteiger partial charge in [0.2, 0.25) is 5.95 Å². The van der Waals surface area contributed by atoms with Crippen LogP contribution in [0.4, 0.5) is 11.8 Å². The van der Waals surface area contributed by atoms with Crippen molar-refractivity contribution in [3.63, 3.8) is 0 Å². The molecule has 10 heteroatoms. The van der Waals surface area contributed by atoms with Crippen molar-refractivity contribution in [1.82, 2.24) is 9.97 Å². The summed E-state index contributed by atoms with van der Waals surface area (Å²) in [5.41, 5.74) is 7.03. The number of benzene rings is 1. The number of rotatable bonds is 7. The molecule has 0 amide bonds. The highest BCUT2D eigenvalue weighted by Crippen LogP contribution is 2.32. The summed E-state index contributed by atoms with van der Waals surface area (Å²) in [5, 5.41) is 32.9. The lowest BCUT2D eigenvalue weighted by Crippen LogP contribution is -2.35. The Kier molecular flexibility index (Phi) is 6.99. The SMILES string of the molecule is COc1ccc(/C=C/c2c(Cl)nc(N)nc2N[C@@H]2C[C@H](CO)[C@@H](O)[C@H]2O)cc1OC. The first kappa shape index (κ1) is 22.1. The number of aliphatic hydroxyl groups excluding tert-OH is 3. The van der Waals surface area contributed by atoms with Gasteiger partial charge in [0.05, 0.1) is 31.9 Å². The van der Waals surface area contributed by atoms with E-state index in [9.17, 15) is 15.3 Å². The molecular formula is C20H25ClN4O5. The highest BCUT2D eigenvalue weighted by atomic mass is 35.5. The number of nitrogens with zero attached hydrogens (tertiary/aromatic N) is 2. The lowest BCUT2D eigenvalue weighted by atomic mass is 10.1. The summed E-state index contributed by atoms with van der Waals surface area (Å²) in [5.74, 6) is 1.04. The number of nitrogen functional groups attached to an aromatic ring is 1. The van der Waals surface area contributed by atoms with E-state index < -0.39 is 24.2 Å². The largest absolute Gasteiger partial charge is 0.493 e. The maximum absolute atomic E-state index is 10.3. The van der Waals surface area contributed by atoms with Crippen LogP contribution in [0.3, 0.4) is 0 Å². The first-order valence-corrected chi connectivity index (χ1v) is 9.72. The third-order valence-electron chi connectivity index (χ3n) is 5.12. The Balaban J connectivity index is 1.89. The molecule has 0 unspecified atom stereocenters. The molecule has 1 aromatic carbocycles. The molecule has 1 aromatic heterocycles. The van der Waals surface area contributed by atoms with Crippen LogP contribution in [0.15, 0.2) is 18.2 Å². The van der Waals surface area contributed by atoms with E-state index in [-0.39, 0.29) is 17.7 Å². The molecule has 0 aliphatic heterocycles. The monoisotopic (exact) mass is 436 g/mol. The molecular weight excluding hydrogens is 412 g/mol. The molecule has 1 aliphatic carbocycles. The van der Waals surface area contributed by atoms with Crippen molar-refractivity contribution in [1.29, 1.82) is 0 Å². The lowest BCUT2D eigenvalue weighted by molar-refractivity contribution is 0.00445. The average Bonchev–Trinajstić information content (AvgIpc) is 3.00. The summed E-state index contributed by atoms with van der Waals surface area (Å²) >= 11 is 6.29. The number of anilines is 2. The van der Waals surface area contributed by atoms with E-state index in [2.05, 4.69) is 15.3 Å². The average molecular weight is 437 g/mol.